The average molecular weight is 703 g/mol. The number of nitrogens with one attached hydrogen (secondary N) is 1. The number of halogens is 2. The van der Waals surface area contributed by atoms with E-state index in [9.17, 15) is 21.6 Å². The summed E-state index contributed by atoms with van der Waals surface area (Å²) in [4.78, 5) is 24.7. The van der Waals surface area contributed by atoms with Crippen LogP contribution in [0.15, 0.2) is 64.8 Å². The Morgan fingerprint density at radius 3 is 1.85 bits per heavy atom. The van der Waals surface area contributed by atoms with Crippen LogP contribution >= 0.6 is 0 Å². The molecular weight excluding hydrogens is 671 g/mol. The van der Waals surface area contributed by atoms with E-state index in [-0.39, 0.29) is 16.8 Å². The zero-order valence-electron chi connectivity index (χ0n) is 26.8. The Labute approximate surface area is 275 Å². The number of amides is 1. The maximum Gasteiger partial charge on any atom is 0.414 e. The number of carbonyl (C=O) groups excluding carboxylic acids is 1. The zero-order valence-corrected chi connectivity index (χ0v) is 28.4. The molecule has 0 unspecified atom stereocenters. The van der Waals surface area contributed by atoms with Crippen LogP contribution in [0.4, 0.5) is 19.3 Å². The van der Waals surface area contributed by atoms with Gasteiger partial charge in [-0.05, 0) is 56.2 Å². The first kappa shape index (κ1) is 34.5. The van der Waals surface area contributed by atoms with E-state index in [2.05, 4.69) is 15.0 Å². The van der Waals surface area contributed by atoms with Crippen LogP contribution in [0, 0.1) is 11.6 Å². The molecule has 48 heavy (non-hydrogen) atoms. The van der Waals surface area contributed by atoms with Gasteiger partial charge in [-0.25, -0.2) is 40.4 Å². The molecule has 0 saturated carbocycles. The Morgan fingerprint density at radius 2 is 1.35 bits per heavy atom. The molecule has 12 nitrogen and oxygen atoms in total. The number of anilines is 1. The van der Waals surface area contributed by atoms with Gasteiger partial charge in [0.2, 0.25) is 19.7 Å². The van der Waals surface area contributed by atoms with Gasteiger partial charge in [0.15, 0.2) is 16.7 Å². The molecule has 1 N–H and O–H groups in total. The van der Waals surface area contributed by atoms with Crippen LogP contribution in [0.3, 0.4) is 0 Å². The molecule has 2 aromatic heterocycles. The van der Waals surface area contributed by atoms with Crippen molar-refractivity contribution in [1.29, 1.82) is 0 Å². The molecule has 0 fully saturated rings. The van der Waals surface area contributed by atoms with E-state index in [1.165, 1.54) is 57.7 Å². The fourth-order valence-corrected chi connectivity index (χ4v) is 7.68. The van der Waals surface area contributed by atoms with Gasteiger partial charge in [-0.15, -0.1) is 0 Å². The van der Waals surface area contributed by atoms with Crippen LogP contribution in [-0.2, 0) is 35.9 Å². The predicted molar refractivity (Wildman–Crippen MR) is 174 cm³/mol. The minimum absolute atomic E-state index is 0.225. The quantitative estimate of drug-likeness (QED) is 0.149. The summed E-state index contributed by atoms with van der Waals surface area (Å²) < 4.78 is 102. The molecule has 254 valence electrons. The molecule has 0 radical (unpaired) electrons. The summed E-state index contributed by atoms with van der Waals surface area (Å²) in [6.07, 6.45) is -0.922. The molecule has 0 aliphatic heterocycles. The molecule has 3 aromatic carbocycles. The summed E-state index contributed by atoms with van der Waals surface area (Å²) in [5, 5.41) is -2.80. The zero-order chi connectivity index (χ0) is 35.2. The van der Waals surface area contributed by atoms with Crippen molar-refractivity contribution in [2.75, 3.05) is 26.2 Å². The maximum absolute atomic E-state index is 15.7. The number of hydrogen-bond donors (Lipinski definition) is 1. The van der Waals surface area contributed by atoms with E-state index in [1.807, 2.05) is 0 Å². The SMILES string of the molecule is COc1ccc(CS(=O)(=O)c2nc(S(=O)(=O)Cc3ccc(OC)cc3)c3c(n2)[nH]c2c(N(C)C(=O)OC(C)(C)C)cc(F)c(F)c23)cc1. The third-order valence-corrected chi connectivity index (χ3v) is 10.2. The molecule has 16 heteroatoms. The van der Waals surface area contributed by atoms with E-state index < -0.39 is 81.1 Å². The number of methoxy groups -OCH3 is 2. The maximum atomic E-state index is 15.7. The highest BCUT2D eigenvalue weighted by molar-refractivity contribution is 7.91. The summed E-state index contributed by atoms with van der Waals surface area (Å²) in [5.74, 6) is -3.23. The van der Waals surface area contributed by atoms with Gasteiger partial charge in [-0.1, -0.05) is 24.3 Å². The Balaban J connectivity index is 1.76. The highest BCUT2D eigenvalue weighted by Gasteiger charge is 2.33. The Bertz CT molecular complexity index is 2250. The van der Waals surface area contributed by atoms with Crippen LogP contribution in [0.25, 0.3) is 21.9 Å². The molecule has 0 atom stereocenters. The molecule has 0 aliphatic carbocycles. The van der Waals surface area contributed by atoms with Gasteiger partial charge in [0.1, 0.15) is 22.7 Å². The first-order valence-electron chi connectivity index (χ1n) is 14.3. The van der Waals surface area contributed by atoms with Crippen LogP contribution in [0.2, 0.25) is 0 Å². The molecule has 0 saturated heterocycles. The third-order valence-electron chi connectivity index (χ3n) is 7.18. The lowest BCUT2D eigenvalue weighted by Gasteiger charge is -2.25. The van der Waals surface area contributed by atoms with E-state index >= 15 is 8.78 Å². The van der Waals surface area contributed by atoms with Crippen LogP contribution in [0.1, 0.15) is 31.9 Å². The van der Waals surface area contributed by atoms with Crippen LogP contribution < -0.4 is 14.4 Å². The number of fused-ring (bicyclic) bond motifs is 3. The number of aromatic amines is 1. The molecule has 0 bridgehead atoms. The smallest absolute Gasteiger partial charge is 0.414 e. The number of rotatable bonds is 9. The highest BCUT2D eigenvalue weighted by Crippen LogP contribution is 2.39. The number of nitrogens with zero attached hydrogens (tertiary/aromatic N) is 3. The second-order valence-electron chi connectivity index (χ2n) is 11.9. The largest absolute Gasteiger partial charge is 0.497 e. The van der Waals surface area contributed by atoms with Crippen LogP contribution in [-0.4, -0.2) is 64.7 Å². The van der Waals surface area contributed by atoms with Crippen molar-refractivity contribution < 1.29 is 44.6 Å². The molecule has 5 rings (SSSR count). The van der Waals surface area contributed by atoms with Crippen molar-refractivity contribution in [3.63, 3.8) is 0 Å². The molecule has 5 aromatic rings. The predicted octanol–water partition coefficient (Wildman–Crippen LogP) is 5.73. The summed E-state index contributed by atoms with van der Waals surface area (Å²) in [6.45, 7) is 4.85. The normalized spacial score (nSPS) is 12.3. The topological polar surface area (TPSA) is 158 Å². The lowest BCUT2D eigenvalue weighted by Crippen LogP contribution is -2.34. The van der Waals surface area contributed by atoms with E-state index in [0.717, 1.165) is 11.0 Å². The number of hydrogen-bond acceptors (Lipinski definition) is 10. The van der Waals surface area contributed by atoms with Crippen molar-refractivity contribution in [1.82, 2.24) is 15.0 Å². The summed E-state index contributed by atoms with van der Waals surface area (Å²) in [5.41, 5.74) is -1.21. The Hall–Kier alpha value is -4.83. The molecule has 1 amide bonds. The summed E-state index contributed by atoms with van der Waals surface area (Å²) in [7, 11) is -4.85. The van der Waals surface area contributed by atoms with Gasteiger partial charge in [-0.3, -0.25) is 4.90 Å². The van der Waals surface area contributed by atoms with E-state index in [0.29, 0.717) is 17.1 Å². The Morgan fingerprint density at radius 1 is 0.833 bits per heavy atom. The first-order chi connectivity index (χ1) is 22.4. The fourth-order valence-electron chi connectivity index (χ4n) is 4.90. The van der Waals surface area contributed by atoms with Crippen molar-refractivity contribution in [2.45, 2.75) is 48.1 Å². The van der Waals surface area contributed by atoms with Crippen LogP contribution in [0.5, 0.6) is 11.5 Å². The van der Waals surface area contributed by atoms with Gasteiger partial charge in [0.25, 0.3) is 5.16 Å². The lowest BCUT2D eigenvalue weighted by atomic mass is 10.1. The summed E-state index contributed by atoms with van der Waals surface area (Å²) >= 11 is 0. The van der Waals surface area contributed by atoms with Crippen molar-refractivity contribution in [3.05, 3.63) is 77.4 Å². The number of ether oxygens (including phenoxy) is 3. The molecule has 0 aliphatic rings. The lowest BCUT2D eigenvalue weighted by molar-refractivity contribution is 0.0589. The fraction of sp³-hybridized carbons (Fsp3) is 0.281. The minimum Gasteiger partial charge on any atom is -0.497 e. The van der Waals surface area contributed by atoms with Crippen molar-refractivity contribution in [2.24, 2.45) is 0 Å². The van der Waals surface area contributed by atoms with Gasteiger partial charge < -0.3 is 19.2 Å². The van der Waals surface area contributed by atoms with Gasteiger partial charge >= 0.3 is 6.09 Å². The number of aromatic nitrogens is 3. The molecular formula is C32H32F2N4O8S2. The number of H-pyrrole nitrogens is 1. The highest BCUT2D eigenvalue weighted by atomic mass is 32.2. The summed E-state index contributed by atoms with van der Waals surface area (Å²) in [6, 6.07) is 12.9. The van der Waals surface area contributed by atoms with Gasteiger partial charge in [0.05, 0.1) is 47.7 Å². The molecule has 0 spiro atoms. The van der Waals surface area contributed by atoms with E-state index in [1.54, 1.807) is 32.9 Å². The minimum atomic E-state index is -4.58. The van der Waals surface area contributed by atoms with Crippen molar-refractivity contribution >= 4 is 53.4 Å². The van der Waals surface area contributed by atoms with Gasteiger partial charge in [0, 0.05) is 13.1 Å². The number of carbonyl (C=O) groups is 1. The second-order valence-corrected chi connectivity index (χ2v) is 15.6. The average Bonchev–Trinajstić information content (AvgIpc) is 3.41. The number of sulfone groups is 2. The van der Waals surface area contributed by atoms with E-state index in [4.69, 9.17) is 14.2 Å². The molecule has 2 heterocycles. The monoisotopic (exact) mass is 702 g/mol. The number of benzene rings is 3. The first-order valence-corrected chi connectivity index (χ1v) is 17.6. The Kier molecular flexibility index (Phi) is 9.09. The third kappa shape index (κ3) is 6.89. The second kappa shape index (κ2) is 12.6. The standard InChI is InChI=1S/C32H32F2N4O8S2/c1-32(2,3)46-31(39)38(4)23-15-22(33)26(34)24-25-28(35-27(23)24)36-30(48(42,43)17-19-9-13-21(45-6)14-10-19)37-29(25)47(40,41)16-18-7-11-20(44-5)12-8-18/h7-15H,16-17H2,1-6H3,(H,35,36,37). The van der Waals surface area contributed by atoms with Gasteiger partial charge in [-0.2, -0.15) is 0 Å². The van der Waals surface area contributed by atoms with Crippen molar-refractivity contribution in [3.8, 4) is 11.5 Å².